The number of aryl methyl sites for hydroxylation is 1. The van der Waals surface area contributed by atoms with Crippen LogP contribution in [0.1, 0.15) is 60.3 Å². The highest BCUT2D eigenvalue weighted by Crippen LogP contribution is 2.35. The van der Waals surface area contributed by atoms with Gasteiger partial charge in [-0.3, -0.25) is 4.79 Å². The molecule has 0 aliphatic rings. The Morgan fingerprint density at radius 2 is 0.929 bits per heavy atom. The molecule has 0 radical (unpaired) electrons. The van der Waals surface area contributed by atoms with Crippen molar-refractivity contribution in [3.8, 4) is 0 Å². The van der Waals surface area contributed by atoms with E-state index >= 15 is 0 Å². The fraction of sp³-hybridized carbons (Fsp3) is 0.147. The summed E-state index contributed by atoms with van der Waals surface area (Å²) in [6.45, 7) is 8.05. The first-order valence-electron chi connectivity index (χ1n) is 13.3. The van der Waals surface area contributed by atoms with Crippen LogP contribution in [0, 0.1) is 6.92 Å². The lowest BCUT2D eigenvalue weighted by Gasteiger charge is -2.26. The topological polar surface area (TPSA) is 97.6 Å². The van der Waals surface area contributed by atoms with Gasteiger partial charge in [-0.2, -0.15) is 0 Å². The molecule has 0 aliphatic carbocycles. The van der Waals surface area contributed by atoms with Crippen LogP contribution in [0.25, 0.3) is 0 Å². The van der Waals surface area contributed by atoms with Crippen LogP contribution in [-0.2, 0) is 19.3 Å². The molecule has 0 saturated carbocycles. The van der Waals surface area contributed by atoms with Gasteiger partial charge in [0, 0.05) is 42.0 Å². The van der Waals surface area contributed by atoms with E-state index in [0.29, 0.717) is 22.6 Å². The quantitative estimate of drug-likeness (QED) is 0.0923. The monoisotopic (exact) mass is 561 g/mol. The van der Waals surface area contributed by atoms with Crippen molar-refractivity contribution in [2.24, 2.45) is 10.3 Å². The first-order chi connectivity index (χ1) is 20.1. The van der Waals surface area contributed by atoms with E-state index in [1.807, 2.05) is 109 Å². The van der Waals surface area contributed by atoms with E-state index in [1.54, 1.807) is 13.8 Å². The number of rotatable bonds is 9. The third-order valence-electron chi connectivity index (χ3n) is 6.49. The summed E-state index contributed by atoms with van der Waals surface area (Å²) in [6.07, 6.45) is 0. The van der Waals surface area contributed by atoms with Crippen LogP contribution >= 0.6 is 0 Å². The molecule has 0 atom stereocenters. The zero-order chi connectivity index (χ0) is 30.2. The largest absolute Gasteiger partial charge is 0.331 e. The third-order valence-corrected chi connectivity index (χ3v) is 6.49. The Hall–Kier alpha value is -5.37. The maximum Gasteiger partial charge on any atom is 0.331 e. The van der Waals surface area contributed by atoms with E-state index in [1.165, 1.54) is 13.8 Å². The first-order valence-corrected chi connectivity index (χ1v) is 13.3. The molecule has 0 saturated heterocycles. The van der Waals surface area contributed by atoms with Gasteiger partial charge in [0.05, 0.1) is 11.4 Å². The average Bonchev–Trinajstić information content (AvgIpc) is 2.99. The fourth-order valence-electron chi connectivity index (χ4n) is 4.27. The molecule has 8 nitrogen and oxygen atoms in total. The van der Waals surface area contributed by atoms with Crippen LogP contribution in [0.2, 0.25) is 0 Å². The summed E-state index contributed by atoms with van der Waals surface area (Å²) < 4.78 is 0. The highest BCUT2D eigenvalue weighted by atomic mass is 16.7. The zero-order valence-electron chi connectivity index (χ0n) is 24.1. The Labute approximate surface area is 244 Å². The Morgan fingerprint density at radius 3 is 1.31 bits per heavy atom. The molecule has 0 heterocycles. The Bertz CT molecular complexity index is 1580. The van der Waals surface area contributed by atoms with Gasteiger partial charge in [0.25, 0.3) is 0 Å². The van der Waals surface area contributed by atoms with Crippen molar-refractivity contribution < 1.29 is 24.1 Å². The summed E-state index contributed by atoms with van der Waals surface area (Å²) in [7, 11) is 0. The van der Waals surface area contributed by atoms with Gasteiger partial charge in [-0.1, -0.05) is 58.8 Å². The summed E-state index contributed by atoms with van der Waals surface area (Å²) in [5.41, 5.74) is 7.46. The maximum absolute atomic E-state index is 13.2. The summed E-state index contributed by atoms with van der Waals surface area (Å²) in [4.78, 5) is 47.1. The highest BCUT2D eigenvalue weighted by molar-refractivity contribution is 6.10. The van der Waals surface area contributed by atoms with Crippen LogP contribution in [0.5, 0.6) is 0 Å². The van der Waals surface area contributed by atoms with Crippen molar-refractivity contribution in [3.63, 3.8) is 0 Å². The van der Waals surface area contributed by atoms with Crippen LogP contribution in [0.4, 0.5) is 17.1 Å². The molecule has 0 aromatic heterocycles. The van der Waals surface area contributed by atoms with Crippen molar-refractivity contribution in [2.75, 3.05) is 4.90 Å². The second kappa shape index (κ2) is 13.3. The van der Waals surface area contributed by atoms with Gasteiger partial charge in [0.1, 0.15) is 0 Å². The van der Waals surface area contributed by atoms with Crippen molar-refractivity contribution in [1.29, 1.82) is 0 Å². The molecule has 0 amide bonds. The number of benzene rings is 4. The zero-order valence-corrected chi connectivity index (χ0v) is 24.1. The SMILES string of the molecule is CC(=O)ON=C(C)c1ccc(N(c2ccc(C(=O)c3ccccc3C)cc2)c2ccc(C(C)=NOC(C)=O)cc2)cc1. The normalized spacial score (nSPS) is 11.5. The van der Waals surface area contributed by atoms with Gasteiger partial charge in [-0.15, -0.1) is 0 Å². The molecular weight excluding hydrogens is 530 g/mol. The van der Waals surface area contributed by atoms with Crippen LogP contribution in [-0.4, -0.2) is 29.1 Å². The average molecular weight is 562 g/mol. The van der Waals surface area contributed by atoms with E-state index in [0.717, 1.165) is 33.8 Å². The molecule has 4 aromatic carbocycles. The Morgan fingerprint density at radius 1 is 0.548 bits per heavy atom. The minimum Gasteiger partial charge on any atom is -0.318 e. The van der Waals surface area contributed by atoms with Crippen LogP contribution in [0.15, 0.2) is 107 Å². The number of ketones is 1. The standard InChI is InChI=1S/C34H31N3O5/c1-22-8-6-7-9-33(22)34(40)29-14-20-32(21-15-29)37(30-16-10-27(11-17-30)23(2)35-41-25(4)38)31-18-12-28(13-19-31)24(3)36-42-26(5)39/h6-21H,1-5H3. The van der Waals surface area contributed by atoms with Crippen molar-refractivity contribution in [1.82, 2.24) is 0 Å². The molecule has 0 spiro atoms. The first kappa shape index (κ1) is 29.6. The molecule has 42 heavy (non-hydrogen) atoms. The predicted octanol–water partition coefficient (Wildman–Crippen LogP) is 7.27. The van der Waals surface area contributed by atoms with Gasteiger partial charge in [-0.25, -0.2) is 9.59 Å². The van der Waals surface area contributed by atoms with Gasteiger partial charge < -0.3 is 14.6 Å². The molecule has 0 unspecified atom stereocenters. The highest BCUT2D eigenvalue weighted by Gasteiger charge is 2.16. The van der Waals surface area contributed by atoms with E-state index in [2.05, 4.69) is 10.3 Å². The molecule has 8 heteroatoms. The lowest BCUT2D eigenvalue weighted by molar-refractivity contribution is -0.141. The van der Waals surface area contributed by atoms with Crippen molar-refractivity contribution >= 4 is 46.2 Å². The smallest absolute Gasteiger partial charge is 0.318 e. The molecule has 0 bridgehead atoms. The van der Waals surface area contributed by atoms with E-state index in [4.69, 9.17) is 9.68 Å². The van der Waals surface area contributed by atoms with Gasteiger partial charge in [0.2, 0.25) is 0 Å². The van der Waals surface area contributed by atoms with E-state index in [-0.39, 0.29) is 5.78 Å². The second-order valence-electron chi connectivity index (χ2n) is 9.64. The minimum atomic E-state index is -0.488. The lowest BCUT2D eigenvalue weighted by atomic mass is 9.99. The van der Waals surface area contributed by atoms with Gasteiger partial charge >= 0.3 is 11.9 Å². The number of carbonyl (C=O) groups excluding carboxylic acids is 3. The van der Waals surface area contributed by atoms with Crippen LogP contribution in [0.3, 0.4) is 0 Å². The molecule has 0 N–H and O–H groups in total. The summed E-state index contributed by atoms with van der Waals surface area (Å²) in [6, 6.07) is 30.3. The molecule has 4 rings (SSSR count). The molecule has 212 valence electrons. The maximum atomic E-state index is 13.2. The molecule has 4 aromatic rings. The van der Waals surface area contributed by atoms with E-state index in [9.17, 15) is 14.4 Å². The Kier molecular flexibility index (Phi) is 9.39. The van der Waals surface area contributed by atoms with Gasteiger partial charge in [-0.05, 0) is 86.0 Å². The van der Waals surface area contributed by atoms with Gasteiger partial charge in [0.15, 0.2) is 5.78 Å². The Balaban J connectivity index is 1.71. The van der Waals surface area contributed by atoms with E-state index < -0.39 is 11.9 Å². The number of anilines is 3. The molecule has 0 fully saturated rings. The number of hydrogen-bond donors (Lipinski definition) is 0. The number of carbonyl (C=O) groups is 3. The van der Waals surface area contributed by atoms with Crippen molar-refractivity contribution in [2.45, 2.75) is 34.6 Å². The third kappa shape index (κ3) is 7.22. The predicted molar refractivity (Wildman–Crippen MR) is 164 cm³/mol. The molecular formula is C34H31N3O5. The number of oxime groups is 2. The second-order valence-corrected chi connectivity index (χ2v) is 9.64. The van der Waals surface area contributed by atoms with Crippen LogP contribution < -0.4 is 4.90 Å². The van der Waals surface area contributed by atoms with Crippen molar-refractivity contribution in [3.05, 3.63) is 125 Å². The number of hydrogen-bond acceptors (Lipinski definition) is 8. The summed E-state index contributed by atoms with van der Waals surface area (Å²) >= 11 is 0. The summed E-state index contributed by atoms with van der Waals surface area (Å²) in [5, 5.41) is 7.75. The number of nitrogens with zero attached hydrogens (tertiary/aromatic N) is 3. The fourth-order valence-corrected chi connectivity index (χ4v) is 4.27. The lowest BCUT2D eigenvalue weighted by Crippen LogP contribution is -2.11. The summed E-state index contributed by atoms with van der Waals surface area (Å²) in [5.74, 6) is -1.01. The minimum absolute atomic E-state index is 0.0370. The molecule has 0 aliphatic heterocycles.